The largest absolute Gasteiger partial charge is 0.476 e. The fourth-order valence-corrected chi connectivity index (χ4v) is 3.39. The summed E-state index contributed by atoms with van der Waals surface area (Å²) in [5.74, 6) is -1.29. The van der Waals surface area contributed by atoms with E-state index < -0.39 is 16.0 Å². The van der Waals surface area contributed by atoms with E-state index in [2.05, 4.69) is 14.8 Å². The van der Waals surface area contributed by atoms with Gasteiger partial charge in [-0.1, -0.05) is 0 Å². The molecule has 0 atom stereocenters. The number of anilines is 1. The molecule has 0 aliphatic carbocycles. The van der Waals surface area contributed by atoms with Crippen molar-refractivity contribution in [3.8, 4) is 0 Å². The maximum absolute atomic E-state index is 12.0. The van der Waals surface area contributed by atoms with Crippen LogP contribution in [0.1, 0.15) is 10.5 Å². The number of carboxylic acids is 1. The van der Waals surface area contributed by atoms with Gasteiger partial charge in [-0.2, -0.15) is 13.5 Å². The predicted octanol–water partition coefficient (Wildman–Crippen LogP) is 0.376. The average Bonchev–Trinajstić information content (AvgIpc) is 2.86. The molecule has 0 radical (unpaired) electrons. The van der Waals surface area contributed by atoms with Gasteiger partial charge in [-0.3, -0.25) is 9.40 Å². The molecular weight excluding hydrogens is 280 g/mol. The van der Waals surface area contributed by atoms with Gasteiger partial charge in [0, 0.05) is 7.05 Å². The third kappa shape index (κ3) is 2.19. The van der Waals surface area contributed by atoms with Crippen LogP contribution in [0.5, 0.6) is 0 Å². The first kappa shape index (κ1) is 12.5. The summed E-state index contributed by atoms with van der Waals surface area (Å²) in [6.45, 7) is 0. The highest BCUT2D eigenvalue weighted by molar-refractivity contribution is 7.92. The van der Waals surface area contributed by atoms with Gasteiger partial charge in [0.2, 0.25) is 0 Å². The van der Waals surface area contributed by atoms with Gasteiger partial charge < -0.3 is 5.11 Å². The number of nitrogens with one attached hydrogen (secondary N) is 1. The minimum Gasteiger partial charge on any atom is -0.476 e. The molecule has 2 N–H and O–H groups in total. The molecule has 0 spiro atoms. The van der Waals surface area contributed by atoms with Crippen LogP contribution in [0.4, 0.5) is 5.00 Å². The van der Waals surface area contributed by atoms with E-state index in [1.165, 1.54) is 29.5 Å². The Balaban J connectivity index is 2.37. The van der Waals surface area contributed by atoms with Gasteiger partial charge in [0.15, 0.2) is 10.7 Å². The topological polar surface area (TPSA) is 114 Å². The lowest BCUT2D eigenvalue weighted by atomic mass is 10.5. The molecule has 2 aromatic rings. The van der Waals surface area contributed by atoms with E-state index in [1.807, 2.05) is 0 Å². The second-order valence-electron chi connectivity index (χ2n) is 3.23. The summed E-state index contributed by atoms with van der Waals surface area (Å²) in [4.78, 5) is 14.4. The van der Waals surface area contributed by atoms with Crippen LogP contribution in [0.2, 0.25) is 0 Å². The van der Waals surface area contributed by atoms with Crippen LogP contribution in [0.25, 0.3) is 0 Å². The first-order chi connectivity index (χ1) is 8.42. The molecule has 0 aromatic carbocycles. The minimum atomic E-state index is -3.87. The number of aryl methyl sites for hydroxylation is 1. The van der Waals surface area contributed by atoms with E-state index in [9.17, 15) is 13.2 Å². The molecule has 2 heterocycles. The van der Waals surface area contributed by atoms with Crippen molar-refractivity contribution in [3.63, 3.8) is 0 Å². The molecule has 0 aliphatic rings. The van der Waals surface area contributed by atoms with Crippen molar-refractivity contribution in [1.29, 1.82) is 0 Å². The summed E-state index contributed by atoms with van der Waals surface area (Å²) in [7, 11) is -2.40. The number of carbonyl (C=O) groups is 1. The molecule has 2 rings (SSSR count). The number of hydrogen-bond acceptors (Lipinski definition) is 6. The number of rotatable bonds is 4. The summed E-state index contributed by atoms with van der Waals surface area (Å²) in [5.41, 5.74) is 0.926. The van der Waals surface area contributed by atoms with Crippen molar-refractivity contribution >= 4 is 32.3 Å². The molecule has 8 nitrogen and oxygen atoms in total. The molecule has 0 unspecified atom stereocenters. The molecule has 0 saturated carbocycles. The quantitative estimate of drug-likeness (QED) is 0.840. The zero-order chi connectivity index (χ0) is 13.3. The highest BCUT2D eigenvalue weighted by Crippen LogP contribution is 2.23. The van der Waals surface area contributed by atoms with Crippen LogP contribution in [0.3, 0.4) is 0 Å². The lowest BCUT2D eigenvalue weighted by Gasteiger charge is -2.06. The monoisotopic (exact) mass is 288 g/mol. The van der Waals surface area contributed by atoms with Gasteiger partial charge in [0.1, 0.15) is 5.00 Å². The van der Waals surface area contributed by atoms with E-state index >= 15 is 0 Å². The number of thiazole rings is 1. The molecule has 96 valence electrons. The molecule has 2 aromatic heterocycles. The van der Waals surface area contributed by atoms with Crippen molar-refractivity contribution in [2.24, 2.45) is 7.05 Å². The van der Waals surface area contributed by atoms with Crippen LogP contribution < -0.4 is 4.72 Å². The molecule has 0 amide bonds. The molecule has 0 aliphatic heterocycles. The van der Waals surface area contributed by atoms with E-state index in [-0.39, 0.29) is 15.7 Å². The van der Waals surface area contributed by atoms with E-state index in [1.54, 1.807) is 0 Å². The van der Waals surface area contributed by atoms with Crippen LogP contribution in [-0.4, -0.2) is 34.3 Å². The molecule has 0 fully saturated rings. The highest BCUT2D eigenvalue weighted by Gasteiger charge is 2.22. The fraction of sp³-hybridized carbons (Fsp3) is 0.125. The fourth-order valence-electron chi connectivity index (χ4n) is 1.27. The zero-order valence-corrected chi connectivity index (χ0v) is 10.7. The lowest BCUT2D eigenvalue weighted by molar-refractivity contribution is 0.0692. The predicted molar refractivity (Wildman–Crippen MR) is 63.1 cm³/mol. The molecular formula is C8H8N4O4S2. The number of aromatic carboxylic acids is 1. The van der Waals surface area contributed by atoms with Gasteiger partial charge in [0.05, 0.1) is 11.7 Å². The Kier molecular flexibility index (Phi) is 3.05. The maximum atomic E-state index is 12.0. The van der Waals surface area contributed by atoms with Gasteiger partial charge >= 0.3 is 5.97 Å². The van der Waals surface area contributed by atoms with E-state index in [0.29, 0.717) is 0 Å². The average molecular weight is 288 g/mol. The van der Waals surface area contributed by atoms with E-state index in [4.69, 9.17) is 5.11 Å². The van der Waals surface area contributed by atoms with Crippen LogP contribution in [0.15, 0.2) is 22.8 Å². The Bertz CT molecular complexity index is 688. The van der Waals surface area contributed by atoms with E-state index in [0.717, 1.165) is 11.3 Å². The first-order valence-corrected chi connectivity index (χ1v) is 6.95. The summed E-state index contributed by atoms with van der Waals surface area (Å²) in [5, 5.41) is 12.5. The molecule has 10 heteroatoms. The number of aromatic nitrogens is 3. The van der Waals surface area contributed by atoms with Crippen LogP contribution in [-0.2, 0) is 17.1 Å². The summed E-state index contributed by atoms with van der Waals surface area (Å²) < 4.78 is 27.3. The van der Waals surface area contributed by atoms with Crippen molar-refractivity contribution in [2.45, 2.75) is 5.03 Å². The Labute approximate surface area is 106 Å². The lowest BCUT2D eigenvalue weighted by Crippen LogP contribution is -2.17. The SMILES string of the molecule is Cn1nccc1S(=O)(=O)Nc1scnc1C(=O)O. The Morgan fingerprint density at radius 1 is 1.56 bits per heavy atom. The Morgan fingerprint density at radius 3 is 2.83 bits per heavy atom. The maximum Gasteiger partial charge on any atom is 0.357 e. The van der Waals surface area contributed by atoms with Crippen molar-refractivity contribution in [2.75, 3.05) is 4.72 Å². The van der Waals surface area contributed by atoms with Crippen molar-refractivity contribution in [3.05, 3.63) is 23.5 Å². The highest BCUT2D eigenvalue weighted by atomic mass is 32.2. The van der Waals surface area contributed by atoms with Gasteiger partial charge in [0.25, 0.3) is 10.0 Å². The Hall–Kier alpha value is -1.94. The van der Waals surface area contributed by atoms with Crippen LogP contribution in [0, 0.1) is 0 Å². The van der Waals surface area contributed by atoms with Crippen LogP contribution >= 0.6 is 11.3 Å². The Morgan fingerprint density at radius 2 is 2.28 bits per heavy atom. The number of nitrogens with zero attached hydrogens (tertiary/aromatic N) is 3. The summed E-state index contributed by atoms with van der Waals surface area (Å²) >= 11 is 0.896. The minimum absolute atomic E-state index is 0.0382. The van der Waals surface area contributed by atoms with Crippen molar-refractivity contribution in [1.82, 2.24) is 14.8 Å². The standard InChI is InChI=1S/C8H8N4O4S2/c1-12-5(2-3-10-12)18(15,16)11-7-6(8(13)14)9-4-17-7/h2-4,11H,1H3,(H,13,14). The molecule has 0 bridgehead atoms. The second-order valence-corrected chi connectivity index (χ2v) is 5.72. The van der Waals surface area contributed by atoms with Gasteiger partial charge in [-0.25, -0.2) is 9.78 Å². The molecule has 0 saturated heterocycles. The van der Waals surface area contributed by atoms with Gasteiger partial charge in [-0.05, 0) is 6.07 Å². The van der Waals surface area contributed by atoms with Crippen molar-refractivity contribution < 1.29 is 18.3 Å². The number of hydrogen-bond donors (Lipinski definition) is 2. The first-order valence-electron chi connectivity index (χ1n) is 4.59. The summed E-state index contributed by atoms with van der Waals surface area (Å²) in [6.07, 6.45) is 1.33. The third-order valence-corrected chi connectivity index (χ3v) is 4.34. The number of sulfonamides is 1. The summed E-state index contributed by atoms with van der Waals surface area (Å²) in [6, 6.07) is 1.31. The zero-order valence-electron chi connectivity index (χ0n) is 9.06. The molecule has 18 heavy (non-hydrogen) atoms. The normalized spacial score (nSPS) is 11.4. The third-order valence-electron chi connectivity index (χ3n) is 2.05. The number of carboxylic acid groups (broad SMARTS) is 1. The second kappa shape index (κ2) is 4.38. The van der Waals surface area contributed by atoms with Gasteiger partial charge in [-0.15, -0.1) is 11.3 Å². The smallest absolute Gasteiger partial charge is 0.357 e.